The molecule has 8 heteroatoms. The predicted molar refractivity (Wildman–Crippen MR) is 93.6 cm³/mol. The van der Waals surface area contributed by atoms with E-state index in [9.17, 15) is 10.1 Å². The smallest absolute Gasteiger partial charge is 0.335 e. The SMILES string of the molecule is N#Cc1cc(-n2cccn2)ccc1OCc1nc2ccc(C(=O)O)cc2o1. The number of aromatic nitrogens is 3. The van der Waals surface area contributed by atoms with E-state index in [0.29, 0.717) is 22.4 Å². The molecule has 2 aromatic heterocycles. The Balaban J connectivity index is 1.55. The molecule has 0 aliphatic heterocycles. The number of benzene rings is 2. The largest absolute Gasteiger partial charge is 0.482 e. The number of carboxylic acid groups (broad SMARTS) is 1. The standard InChI is InChI=1S/C19H12N4O4/c20-10-13-8-14(23-7-1-6-21-23)3-5-16(13)26-11-18-22-15-4-2-12(19(24)25)9-17(15)27-18/h1-9H,11H2,(H,24,25). The Hall–Kier alpha value is -4.12. The van der Waals surface area contributed by atoms with Gasteiger partial charge in [-0.2, -0.15) is 10.4 Å². The number of oxazole rings is 1. The summed E-state index contributed by atoms with van der Waals surface area (Å²) in [5.74, 6) is -0.364. The number of ether oxygens (including phenoxy) is 1. The molecule has 4 aromatic rings. The van der Waals surface area contributed by atoms with Crippen molar-refractivity contribution in [3.63, 3.8) is 0 Å². The minimum atomic E-state index is -1.04. The first-order valence-corrected chi connectivity index (χ1v) is 7.94. The average molecular weight is 360 g/mol. The normalized spacial score (nSPS) is 10.6. The predicted octanol–water partition coefficient (Wildman–Crippen LogP) is 3.16. The van der Waals surface area contributed by atoms with E-state index in [1.54, 1.807) is 47.4 Å². The molecule has 0 saturated heterocycles. The van der Waals surface area contributed by atoms with E-state index >= 15 is 0 Å². The molecule has 8 nitrogen and oxygen atoms in total. The third kappa shape index (κ3) is 3.21. The fraction of sp³-hybridized carbons (Fsp3) is 0.0526. The van der Waals surface area contributed by atoms with E-state index in [0.717, 1.165) is 5.69 Å². The van der Waals surface area contributed by atoms with Crippen molar-refractivity contribution >= 4 is 17.1 Å². The lowest BCUT2D eigenvalue weighted by Gasteiger charge is -2.08. The van der Waals surface area contributed by atoms with E-state index in [-0.39, 0.29) is 18.1 Å². The van der Waals surface area contributed by atoms with Crippen LogP contribution < -0.4 is 4.74 Å². The lowest BCUT2D eigenvalue weighted by molar-refractivity contribution is 0.0697. The van der Waals surface area contributed by atoms with Crippen LogP contribution in [0.15, 0.2) is 59.3 Å². The molecule has 0 saturated carbocycles. The topological polar surface area (TPSA) is 114 Å². The summed E-state index contributed by atoms with van der Waals surface area (Å²) >= 11 is 0. The molecule has 2 heterocycles. The second kappa shape index (κ2) is 6.65. The molecule has 0 fully saturated rings. The van der Waals surface area contributed by atoms with Gasteiger partial charge in [-0.1, -0.05) is 0 Å². The number of hydrogen-bond donors (Lipinski definition) is 1. The summed E-state index contributed by atoms with van der Waals surface area (Å²) in [6.07, 6.45) is 3.43. The molecular formula is C19H12N4O4. The number of fused-ring (bicyclic) bond motifs is 1. The van der Waals surface area contributed by atoms with Crippen molar-refractivity contribution in [3.8, 4) is 17.5 Å². The number of carbonyl (C=O) groups is 1. The van der Waals surface area contributed by atoms with Crippen molar-refractivity contribution in [1.29, 1.82) is 5.26 Å². The zero-order valence-corrected chi connectivity index (χ0v) is 13.9. The molecule has 0 bridgehead atoms. The van der Waals surface area contributed by atoms with Gasteiger partial charge in [0.25, 0.3) is 0 Å². The molecular weight excluding hydrogens is 348 g/mol. The van der Waals surface area contributed by atoms with Crippen LogP contribution in [0.25, 0.3) is 16.8 Å². The Morgan fingerprint density at radius 1 is 1.30 bits per heavy atom. The summed E-state index contributed by atoms with van der Waals surface area (Å²) in [4.78, 5) is 15.3. The Morgan fingerprint density at radius 3 is 2.93 bits per heavy atom. The summed E-state index contributed by atoms with van der Waals surface area (Å²) < 4.78 is 12.9. The van der Waals surface area contributed by atoms with Crippen molar-refractivity contribution in [2.75, 3.05) is 0 Å². The number of nitrogens with zero attached hydrogens (tertiary/aromatic N) is 4. The van der Waals surface area contributed by atoms with Gasteiger partial charge in [0.05, 0.1) is 16.8 Å². The van der Waals surface area contributed by atoms with Gasteiger partial charge in [0.15, 0.2) is 12.2 Å². The summed E-state index contributed by atoms with van der Waals surface area (Å²) in [6.45, 7) is 0.00683. The van der Waals surface area contributed by atoms with Crippen molar-refractivity contribution in [1.82, 2.24) is 14.8 Å². The first-order valence-electron chi connectivity index (χ1n) is 7.94. The summed E-state index contributed by atoms with van der Waals surface area (Å²) in [6, 6.07) is 13.5. The molecule has 132 valence electrons. The fourth-order valence-electron chi connectivity index (χ4n) is 2.60. The molecule has 2 aromatic carbocycles. The van der Waals surface area contributed by atoms with Crippen LogP contribution >= 0.6 is 0 Å². The van der Waals surface area contributed by atoms with Crippen molar-refractivity contribution in [2.45, 2.75) is 6.61 Å². The van der Waals surface area contributed by atoms with Crippen LogP contribution in [0.3, 0.4) is 0 Å². The van der Waals surface area contributed by atoms with Gasteiger partial charge in [-0.15, -0.1) is 0 Å². The van der Waals surface area contributed by atoms with Crippen molar-refractivity contribution < 1.29 is 19.1 Å². The highest BCUT2D eigenvalue weighted by Crippen LogP contribution is 2.23. The Bertz CT molecular complexity index is 1170. The van der Waals surface area contributed by atoms with Crippen LogP contribution in [0.5, 0.6) is 5.75 Å². The number of aromatic carboxylic acids is 1. The van der Waals surface area contributed by atoms with Crippen molar-refractivity contribution in [3.05, 3.63) is 71.9 Å². The van der Waals surface area contributed by atoms with Gasteiger partial charge in [-0.05, 0) is 42.5 Å². The van der Waals surface area contributed by atoms with Crippen LogP contribution in [-0.4, -0.2) is 25.8 Å². The van der Waals surface area contributed by atoms with E-state index < -0.39 is 5.97 Å². The van der Waals surface area contributed by atoms with Gasteiger partial charge in [0.1, 0.15) is 17.3 Å². The molecule has 0 atom stereocenters. The monoisotopic (exact) mass is 360 g/mol. The molecule has 1 N–H and O–H groups in total. The third-order valence-corrected chi connectivity index (χ3v) is 3.88. The highest BCUT2D eigenvalue weighted by Gasteiger charge is 2.12. The summed E-state index contributed by atoms with van der Waals surface area (Å²) in [7, 11) is 0. The maximum absolute atomic E-state index is 11.0. The number of rotatable bonds is 5. The first-order chi connectivity index (χ1) is 13.1. The van der Waals surface area contributed by atoms with Gasteiger partial charge in [0, 0.05) is 12.4 Å². The number of carboxylic acids is 1. The third-order valence-electron chi connectivity index (χ3n) is 3.88. The fourth-order valence-corrected chi connectivity index (χ4v) is 2.60. The van der Waals surface area contributed by atoms with Gasteiger partial charge in [-0.3, -0.25) is 0 Å². The molecule has 27 heavy (non-hydrogen) atoms. The van der Waals surface area contributed by atoms with Crippen LogP contribution in [0.4, 0.5) is 0 Å². The van der Waals surface area contributed by atoms with Gasteiger partial charge in [-0.25, -0.2) is 14.5 Å². The van der Waals surface area contributed by atoms with Gasteiger partial charge in [0.2, 0.25) is 5.89 Å². The van der Waals surface area contributed by atoms with E-state index in [1.807, 2.05) is 0 Å². The zero-order chi connectivity index (χ0) is 18.8. The van der Waals surface area contributed by atoms with Crippen LogP contribution in [0, 0.1) is 11.3 Å². The van der Waals surface area contributed by atoms with E-state index in [1.165, 1.54) is 12.1 Å². The minimum Gasteiger partial charge on any atom is -0.482 e. The molecule has 0 aliphatic carbocycles. The highest BCUT2D eigenvalue weighted by atomic mass is 16.5. The Morgan fingerprint density at radius 2 is 2.19 bits per heavy atom. The number of nitriles is 1. The Kier molecular flexibility index (Phi) is 4.03. The van der Waals surface area contributed by atoms with Gasteiger partial charge >= 0.3 is 5.97 Å². The molecule has 0 amide bonds. The molecule has 0 radical (unpaired) electrons. The van der Waals surface area contributed by atoms with Crippen LogP contribution in [0.1, 0.15) is 21.8 Å². The molecule has 0 spiro atoms. The van der Waals surface area contributed by atoms with E-state index in [4.69, 9.17) is 14.3 Å². The summed E-state index contributed by atoms with van der Waals surface area (Å²) in [5, 5.41) is 22.5. The highest BCUT2D eigenvalue weighted by molar-refractivity contribution is 5.91. The molecule has 0 unspecified atom stereocenters. The molecule has 0 aliphatic rings. The minimum absolute atomic E-state index is 0.00683. The van der Waals surface area contributed by atoms with Crippen LogP contribution in [0.2, 0.25) is 0 Å². The van der Waals surface area contributed by atoms with Crippen LogP contribution in [-0.2, 0) is 6.61 Å². The lowest BCUT2D eigenvalue weighted by Crippen LogP contribution is -2.00. The average Bonchev–Trinajstić information content (AvgIpc) is 3.35. The first kappa shape index (κ1) is 16.4. The second-order valence-corrected chi connectivity index (χ2v) is 5.63. The summed E-state index contributed by atoms with van der Waals surface area (Å²) in [5.41, 5.74) is 2.11. The lowest BCUT2D eigenvalue weighted by atomic mass is 10.2. The maximum Gasteiger partial charge on any atom is 0.335 e. The van der Waals surface area contributed by atoms with Gasteiger partial charge < -0.3 is 14.3 Å². The maximum atomic E-state index is 11.0. The molecule has 4 rings (SSSR count). The zero-order valence-electron chi connectivity index (χ0n) is 13.9. The van der Waals surface area contributed by atoms with E-state index in [2.05, 4.69) is 16.2 Å². The second-order valence-electron chi connectivity index (χ2n) is 5.63. The quantitative estimate of drug-likeness (QED) is 0.581. The Labute approximate surface area is 152 Å². The van der Waals surface area contributed by atoms with Crippen molar-refractivity contribution in [2.24, 2.45) is 0 Å². The number of hydrogen-bond acceptors (Lipinski definition) is 6.